The lowest BCUT2D eigenvalue weighted by molar-refractivity contribution is 0.278. The summed E-state index contributed by atoms with van der Waals surface area (Å²) in [6.45, 7) is 0. The molecule has 4 heteroatoms. The molecule has 1 aliphatic rings. The van der Waals surface area contributed by atoms with Crippen molar-refractivity contribution in [2.24, 2.45) is 11.7 Å². The van der Waals surface area contributed by atoms with E-state index in [2.05, 4.69) is 15.9 Å². The Hall–Kier alpha value is 0.01000. The highest BCUT2D eigenvalue weighted by Gasteiger charge is 2.23. The van der Waals surface area contributed by atoms with Gasteiger partial charge in [0.05, 0.1) is 6.04 Å². The Balaban J connectivity index is 0.00000112. The number of rotatable bonds is 2. The molecule has 1 aromatic heterocycles. The fourth-order valence-electron chi connectivity index (χ4n) is 2.23. The molecule has 1 saturated carbocycles. The molecule has 1 heterocycles. The highest BCUT2D eigenvalue weighted by Crippen LogP contribution is 2.33. The molecule has 2 nitrogen and oxygen atoms in total. The second-order valence-electron chi connectivity index (χ2n) is 4.07. The third-order valence-electron chi connectivity index (χ3n) is 3.08. The van der Waals surface area contributed by atoms with Crippen molar-refractivity contribution in [3.63, 3.8) is 0 Å². The van der Waals surface area contributed by atoms with E-state index in [1.807, 2.05) is 12.1 Å². The molecule has 0 radical (unpaired) electrons. The number of nitrogens with two attached hydrogens (primary N) is 1. The quantitative estimate of drug-likeness (QED) is 0.894. The van der Waals surface area contributed by atoms with Crippen molar-refractivity contribution in [3.8, 4) is 0 Å². The topological polar surface area (TPSA) is 39.2 Å². The van der Waals surface area contributed by atoms with E-state index in [1.165, 1.54) is 32.1 Å². The highest BCUT2D eigenvalue weighted by atomic mass is 79.9. The van der Waals surface area contributed by atoms with Crippen molar-refractivity contribution in [2.75, 3.05) is 0 Å². The summed E-state index contributed by atoms with van der Waals surface area (Å²) in [4.78, 5) is 0. The minimum atomic E-state index is 0. The van der Waals surface area contributed by atoms with Gasteiger partial charge in [-0.2, -0.15) is 0 Å². The lowest BCUT2D eigenvalue weighted by Crippen LogP contribution is -2.22. The molecule has 2 rings (SSSR count). The molecule has 1 aliphatic carbocycles. The van der Waals surface area contributed by atoms with Gasteiger partial charge in [0.2, 0.25) is 0 Å². The van der Waals surface area contributed by atoms with E-state index in [-0.39, 0.29) is 18.4 Å². The first-order valence-corrected chi connectivity index (χ1v) is 6.07. The lowest BCUT2D eigenvalue weighted by Gasteiger charge is -2.25. The van der Waals surface area contributed by atoms with Crippen LogP contribution < -0.4 is 5.73 Å². The summed E-state index contributed by atoms with van der Waals surface area (Å²) in [5.74, 6) is 1.53. The van der Waals surface area contributed by atoms with Crippen LogP contribution in [0.3, 0.4) is 0 Å². The van der Waals surface area contributed by atoms with E-state index < -0.39 is 0 Å². The fourth-order valence-corrected chi connectivity index (χ4v) is 2.55. The molecule has 0 amide bonds. The van der Waals surface area contributed by atoms with Crippen molar-refractivity contribution in [3.05, 3.63) is 22.6 Å². The van der Waals surface area contributed by atoms with Crippen LogP contribution in [-0.2, 0) is 0 Å². The molecular weight excluding hydrogens is 277 g/mol. The molecule has 1 atom stereocenters. The monoisotopic (exact) mass is 293 g/mol. The van der Waals surface area contributed by atoms with E-state index in [9.17, 15) is 0 Å². The number of halogens is 2. The number of hydrogen-bond acceptors (Lipinski definition) is 2. The van der Waals surface area contributed by atoms with Crippen LogP contribution in [0.4, 0.5) is 0 Å². The largest absolute Gasteiger partial charge is 0.453 e. The summed E-state index contributed by atoms with van der Waals surface area (Å²) in [7, 11) is 0. The van der Waals surface area contributed by atoms with Gasteiger partial charge in [-0.1, -0.05) is 19.3 Å². The van der Waals surface area contributed by atoms with Gasteiger partial charge in [-0.05, 0) is 46.8 Å². The first-order chi connectivity index (χ1) is 6.77. The molecule has 0 spiro atoms. The Kier molecular flexibility index (Phi) is 5.16. The SMILES string of the molecule is Cl.N[C@H](c1ccc(Br)o1)C1CCCCC1. The first-order valence-electron chi connectivity index (χ1n) is 5.28. The molecular formula is C11H17BrClNO. The standard InChI is InChI=1S/C11H16BrNO.ClH/c12-10-7-6-9(14-10)11(13)8-4-2-1-3-5-8;/h6-8,11H,1-5,13H2;1H/t11-;/m0./s1. The van der Waals surface area contributed by atoms with Crippen LogP contribution in [0.1, 0.15) is 43.9 Å². The normalized spacial score (nSPS) is 19.6. The summed E-state index contributed by atoms with van der Waals surface area (Å²) in [6, 6.07) is 3.98. The zero-order valence-corrected chi connectivity index (χ0v) is 11.0. The molecule has 1 aromatic rings. The van der Waals surface area contributed by atoms with Crippen molar-refractivity contribution >= 4 is 28.3 Å². The Morgan fingerprint density at radius 1 is 1.27 bits per heavy atom. The molecule has 0 aromatic carbocycles. The van der Waals surface area contributed by atoms with Crippen molar-refractivity contribution < 1.29 is 4.42 Å². The maximum Gasteiger partial charge on any atom is 0.169 e. The second kappa shape index (κ2) is 5.92. The second-order valence-corrected chi connectivity index (χ2v) is 4.85. The van der Waals surface area contributed by atoms with Gasteiger partial charge in [-0.15, -0.1) is 12.4 Å². The van der Waals surface area contributed by atoms with Crippen molar-refractivity contribution in [1.82, 2.24) is 0 Å². The first kappa shape index (κ1) is 13.1. The highest BCUT2D eigenvalue weighted by molar-refractivity contribution is 9.10. The molecule has 0 unspecified atom stereocenters. The maximum atomic E-state index is 6.17. The van der Waals surface area contributed by atoms with Crippen LogP contribution in [0, 0.1) is 5.92 Å². The number of hydrogen-bond donors (Lipinski definition) is 1. The van der Waals surface area contributed by atoms with Crippen molar-refractivity contribution in [1.29, 1.82) is 0 Å². The smallest absolute Gasteiger partial charge is 0.169 e. The van der Waals surface area contributed by atoms with Gasteiger partial charge in [-0.3, -0.25) is 0 Å². The summed E-state index contributed by atoms with van der Waals surface area (Å²) < 4.78 is 6.27. The molecule has 0 bridgehead atoms. The molecule has 0 aliphatic heterocycles. The van der Waals surface area contributed by atoms with Gasteiger partial charge in [0.25, 0.3) is 0 Å². The van der Waals surface area contributed by atoms with Crippen LogP contribution in [0.5, 0.6) is 0 Å². The zero-order chi connectivity index (χ0) is 9.97. The average Bonchev–Trinajstić information content (AvgIpc) is 2.65. The molecule has 0 saturated heterocycles. The predicted molar refractivity (Wildman–Crippen MR) is 67.2 cm³/mol. The van der Waals surface area contributed by atoms with E-state index in [0.717, 1.165) is 10.4 Å². The Morgan fingerprint density at radius 3 is 2.47 bits per heavy atom. The summed E-state index contributed by atoms with van der Waals surface area (Å²) >= 11 is 3.30. The van der Waals surface area contributed by atoms with E-state index >= 15 is 0 Å². The summed E-state index contributed by atoms with van der Waals surface area (Å²) in [5, 5.41) is 0. The van der Waals surface area contributed by atoms with Crippen LogP contribution >= 0.6 is 28.3 Å². The lowest BCUT2D eigenvalue weighted by atomic mass is 9.83. The molecule has 1 fully saturated rings. The van der Waals surface area contributed by atoms with E-state index in [1.54, 1.807) is 0 Å². The third-order valence-corrected chi connectivity index (χ3v) is 3.51. The third kappa shape index (κ3) is 3.23. The minimum absolute atomic E-state index is 0. The predicted octanol–water partition coefficient (Wildman–Crippen LogP) is 4.04. The van der Waals surface area contributed by atoms with Gasteiger partial charge < -0.3 is 10.2 Å². The van der Waals surface area contributed by atoms with E-state index in [4.69, 9.17) is 10.2 Å². The van der Waals surface area contributed by atoms with E-state index in [0.29, 0.717) is 5.92 Å². The number of furan rings is 1. The molecule has 2 N–H and O–H groups in total. The van der Waals surface area contributed by atoms with Crippen LogP contribution in [-0.4, -0.2) is 0 Å². The molecule has 15 heavy (non-hydrogen) atoms. The van der Waals surface area contributed by atoms with Gasteiger partial charge in [0, 0.05) is 0 Å². The summed E-state index contributed by atoms with van der Waals surface area (Å²) in [5.41, 5.74) is 6.17. The van der Waals surface area contributed by atoms with Gasteiger partial charge in [-0.25, -0.2) is 0 Å². The Bertz CT molecular complexity index is 297. The minimum Gasteiger partial charge on any atom is -0.453 e. The Morgan fingerprint density at radius 2 is 1.93 bits per heavy atom. The maximum absolute atomic E-state index is 6.17. The Labute approximate surface area is 105 Å². The summed E-state index contributed by atoms with van der Waals surface area (Å²) in [6.07, 6.45) is 6.50. The van der Waals surface area contributed by atoms with Crippen molar-refractivity contribution in [2.45, 2.75) is 38.1 Å². The zero-order valence-electron chi connectivity index (χ0n) is 8.62. The van der Waals surface area contributed by atoms with Gasteiger partial charge in [0.1, 0.15) is 5.76 Å². The van der Waals surface area contributed by atoms with Crippen LogP contribution in [0.15, 0.2) is 21.2 Å². The average molecular weight is 295 g/mol. The van der Waals surface area contributed by atoms with Gasteiger partial charge in [0.15, 0.2) is 4.67 Å². The molecule has 86 valence electrons. The van der Waals surface area contributed by atoms with Gasteiger partial charge >= 0.3 is 0 Å². The van der Waals surface area contributed by atoms with Crippen LogP contribution in [0.2, 0.25) is 0 Å². The fraction of sp³-hybridized carbons (Fsp3) is 0.636. The van der Waals surface area contributed by atoms with Crippen LogP contribution in [0.25, 0.3) is 0 Å².